The molecule has 1 aliphatic carbocycles. The summed E-state index contributed by atoms with van der Waals surface area (Å²) in [5.41, 5.74) is 1.11. The van der Waals surface area contributed by atoms with Gasteiger partial charge in [0, 0.05) is 10.4 Å². The number of aromatic nitrogens is 2. The standard InChI is InChI=1S/C15H19ClN2O2/c16-11-6-12-8-17-10-18(12)13(7-11)14(20)15(9-19)4-2-1-3-5-15/h6-8,10,14,19-20H,1-5,9H2. The fourth-order valence-corrected chi connectivity index (χ4v) is 3.54. The Kier molecular flexibility index (Phi) is 3.71. The molecule has 3 rings (SSSR count). The van der Waals surface area contributed by atoms with Crippen LogP contribution >= 0.6 is 11.6 Å². The number of hydrogen-bond acceptors (Lipinski definition) is 3. The Bertz CT molecular complexity index is 605. The van der Waals surface area contributed by atoms with Crippen LogP contribution in [0.4, 0.5) is 0 Å². The van der Waals surface area contributed by atoms with Crippen LogP contribution < -0.4 is 0 Å². The van der Waals surface area contributed by atoms with Crippen molar-refractivity contribution in [3.8, 4) is 0 Å². The molecule has 1 atom stereocenters. The van der Waals surface area contributed by atoms with Gasteiger partial charge in [-0.1, -0.05) is 30.9 Å². The van der Waals surface area contributed by atoms with Crippen molar-refractivity contribution in [3.63, 3.8) is 0 Å². The lowest BCUT2D eigenvalue weighted by Crippen LogP contribution is -2.36. The van der Waals surface area contributed by atoms with Crippen LogP contribution in [-0.2, 0) is 0 Å². The Labute approximate surface area is 123 Å². The van der Waals surface area contributed by atoms with E-state index in [-0.39, 0.29) is 6.61 Å². The zero-order chi connectivity index (χ0) is 14.2. The Morgan fingerprint density at radius 3 is 2.75 bits per heavy atom. The lowest BCUT2D eigenvalue weighted by Gasteiger charge is -2.40. The smallest absolute Gasteiger partial charge is 0.102 e. The Morgan fingerprint density at radius 2 is 2.05 bits per heavy atom. The molecule has 1 fully saturated rings. The minimum atomic E-state index is -0.733. The molecule has 0 saturated heterocycles. The van der Waals surface area contributed by atoms with Crippen LogP contribution in [-0.4, -0.2) is 26.2 Å². The molecule has 0 spiro atoms. The van der Waals surface area contributed by atoms with Gasteiger partial charge in [0.1, 0.15) is 6.10 Å². The number of hydrogen-bond donors (Lipinski definition) is 2. The van der Waals surface area contributed by atoms with Gasteiger partial charge in [-0.3, -0.25) is 0 Å². The van der Waals surface area contributed by atoms with Crippen molar-refractivity contribution in [3.05, 3.63) is 35.4 Å². The molecule has 108 valence electrons. The fourth-order valence-electron chi connectivity index (χ4n) is 3.32. The number of nitrogens with zero attached hydrogens (tertiary/aromatic N) is 2. The maximum Gasteiger partial charge on any atom is 0.102 e. The minimum absolute atomic E-state index is 0.00310. The second-order valence-electron chi connectivity index (χ2n) is 5.77. The number of aliphatic hydroxyl groups excluding tert-OH is 2. The van der Waals surface area contributed by atoms with E-state index in [4.69, 9.17) is 11.6 Å². The van der Waals surface area contributed by atoms with Gasteiger partial charge in [-0.15, -0.1) is 0 Å². The summed E-state index contributed by atoms with van der Waals surface area (Å²) in [6, 6.07) is 3.59. The van der Waals surface area contributed by atoms with E-state index in [1.165, 1.54) is 6.42 Å². The van der Waals surface area contributed by atoms with Gasteiger partial charge in [0.15, 0.2) is 0 Å². The molecule has 1 aliphatic rings. The molecule has 5 heteroatoms. The van der Waals surface area contributed by atoms with Crippen LogP contribution in [0.15, 0.2) is 24.7 Å². The van der Waals surface area contributed by atoms with E-state index in [9.17, 15) is 10.2 Å². The van der Waals surface area contributed by atoms with E-state index in [0.29, 0.717) is 10.7 Å². The average molecular weight is 295 g/mol. The van der Waals surface area contributed by atoms with Gasteiger partial charge in [0.2, 0.25) is 0 Å². The number of pyridine rings is 1. The highest BCUT2D eigenvalue weighted by Gasteiger charge is 2.40. The molecular weight excluding hydrogens is 276 g/mol. The van der Waals surface area contributed by atoms with Crippen molar-refractivity contribution < 1.29 is 10.2 Å². The molecule has 0 aromatic carbocycles. The quantitative estimate of drug-likeness (QED) is 0.915. The van der Waals surface area contributed by atoms with Crippen LogP contribution in [0.1, 0.15) is 43.9 Å². The summed E-state index contributed by atoms with van der Waals surface area (Å²) in [4.78, 5) is 4.11. The third kappa shape index (κ3) is 2.22. The van der Waals surface area contributed by atoms with E-state index in [2.05, 4.69) is 4.98 Å². The van der Waals surface area contributed by atoms with E-state index in [0.717, 1.165) is 31.2 Å². The minimum Gasteiger partial charge on any atom is -0.396 e. The molecule has 0 aliphatic heterocycles. The number of rotatable bonds is 3. The van der Waals surface area contributed by atoms with Gasteiger partial charge in [-0.2, -0.15) is 0 Å². The van der Waals surface area contributed by atoms with Crippen LogP contribution in [0.5, 0.6) is 0 Å². The van der Waals surface area contributed by atoms with E-state index in [1.807, 2.05) is 10.5 Å². The van der Waals surface area contributed by atoms with E-state index in [1.54, 1.807) is 18.6 Å². The van der Waals surface area contributed by atoms with E-state index >= 15 is 0 Å². The highest BCUT2D eigenvalue weighted by molar-refractivity contribution is 6.31. The molecule has 2 aromatic rings. The number of imidazole rings is 1. The normalized spacial score (nSPS) is 20.1. The maximum absolute atomic E-state index is 10.9. The average Bonchev–Trinajstić information content (AvgIpc) is 2.94. The van der Waals surface area contributed by atoms with Crippen LogP contribution in [0.25, 0.3) is 5.52 Å². The summed E-state index contributed by atoms with van der Waals surface area (Å²) in [5, 5.41) is 21.3. The molecule has 20 heavy (non-hydrogen) atoms. The third-order valence-electron chi connectivity index (χ3n) is 4.54. The first-order chi connectivity index (χ1) is 9.66. The predicted molar refractivity (Wildman–Crippen MR) is 77.8 cm³/mol. The van der Waals surface area contributed by atoms with Gasteiger partial charge in [0.25, 0.3) is 0 Å². The van der Waals surface area contributed by atoms with Crippen LogP contribution in [0.2, 0.25) is 5.02 Å². The van der Waals surface area contributed by atoms with Gasteiger partial charge < -0.3 is 14.6 Å². The molecule has 2 aromatic heterocycles. The van der Waals surface area contributed by atoms with Crippen molar-refractivity contribution in [1.82, 2.24) is 9.38 Å². The Morgan fingerprint density at radius 1 is 1.30 bits per heavy atom. The first-order valence-electron chi connectivity index (χ1n) is 7.07. The molecule has 4 nitrogen and oxygen atoms in total. The zero-order valence-corrected chi connectivity index (χ0v) is 12.1. The first-order valence-corrected chi connectivity index (χ1v) is 7.44. The van der Waals surface area contributed by atoms with E-state index < -0.39 is 11.5 Å². The molecule has 0 bridgehead atoms. The summed E-state index contributed by atoms with van der Waals surface area (Å²) in [7, 11) is 0. The predicted octanol–water partition coefficient (Wildman–Crippen LogP) is 2.96. The van der Waals surface area contributed by atoms with Crippen molar-refractivity contribution in [2.24, 2.45) is 5.41 Å². The lowest BCUT2D eigenvalue weighted by atomic mass is 9.70. The van der Waals surface area contributed by atoms with Crippen molar-refractivity contribution >= 4 is 17.1 Å². The number of halogens is 1. The number of fused-ring (bicyclic) bond motifs is 1. The maximum atomic E-state index is 10.9. The molecule has 2 N–H and O–H groups in total. The van der Waals surface area contributed by atoms with Crippen molar-refractivity contribution in [2.75, 3.05) is 6.61 Å². The van der Waals surface area contributed by atoms with Gasteiger partial charge >= 0.3 is 0 Å². The Hall–Kier alpha value is -1.10. The fraction of sp³-hybridized carbons (Fsp3) is 0.533. The van der Waals surface area contributed by atoms with Crippen molar-refractivity contribution in [2.45, 2.75) is 38.2 Å². The highest BCUT2D eigenvalue weighted by atomic mass is 35.5. The molecule has 1 saturated carbocycles. The van der Waals surface area contributed by atoms with Crippen molar-refractivity contribution in [1.29, 1.82) is 0 Å². The second kappa shape index (κ2) is 5.35. The van der Waals surface area contributed by atoms with Gasteiger partial charge in [-0.05, 0) is 25.0 Å². The summed E-state index contributed by atoms with van der Waals surface area (Å²) in [6.07, 6.45) is 7.61. The monoisotopic (exact) mass is 294 g/mol. The summed E-state index contributed by atoms with van der Waals surface area (Å²) >= 11 is 6.14. The van der Waals surface area contributed by atoms with Gasteiger partial charge in [-0.25, -0.2) is 4.98 Å². The molecule has 0 amide bonds. The topological polar surface area (TPSA) is 57.8 Å². The summed E-state index contributed by atoms with van der Waals surface area (Å²) in [5.74, 6) is 0. The lowest BCUT2D eigenvalue weighted by molar-refractivity contribution is -0.0473. The molecular formula is C15H19ClN2O2. The second-order valence-corrected chi connectivity index (χ2v) is 6.21. The molecule has 0 radical (unpaired) electrons. The zero-order valence-electron chi connectivity index (χ0n) is 11.3. The summed E-state index contributed by atoms with van der Waals surface area (Å²) < 4.78 is 1.85. The Balaban J connectivity index is 2.06. The van der Waals surface area contributed by atoms with Crippen LogP contribution in [0, 0.1) is 5.41 Å². The SMILES string of the molecule is OCC1(C(O)c2cc(Cl)cc3cncn23)CCCCC1. The summed E-state index contributed by atoms with van der Waals surface area (Å²) in [6.45, 7) is -0.00310. The third-order valence-corrected chi connectivity index (χ3v) is 4.76. The highest BCUT2D eigenvalue weighted by Crippen LogP contribution is 2.46. The number of aliphatic hydroxyl groups is 2. The van der Waals surface area contributed by atoms with Gasteiger partial charge in [0.05, 0.1) is 30.3 Å². The largest absolute Gasteiger partial charge is 0.396 e. The molecule has 2 heterocycles. The first kappa shape index (κ1) is 13.9. The molecule has 1 unspecified atom stereocenters. The van der Waals surface area contributed by atoms with Crippen LogP contribution in [0.3, 0.4) is 0 Å².